The third kappa shape index (κ3) is 3.27. The highest BCUT2D eigenvalue weighted by Crippen LogP contribution is 2.25. The van der Waals surface area contributed by atoms with E-state index in [9.17, 15) is 13.9 Å². The molecule has 84 valence electrons. The zero-order chi connectivity index (χ0) is 11.4. The quantitative estimate of drug-likeness (QED) is 0.814. The summed E-state index contributed by atoms with van der Waals surface area (Å²) in [7, 11) is 0. The fourth-order valence-electron chi connectivity index (χ4n) is 1.46. The van der Waals surface area contributed by atoms with Crippen LogP contribution in [0.1, 0.15) is 38.4 Å². The maximum absolute atomic E-state index is 13.2. The number of benzene rings is 1. The van der Waals surface area contributed by atoms with Gasteiger partial charge in [0.15, 0.2) is 0 Å². The van der Waals surface area contributed by atoms with Crippen LogP contribution in [0.25, 0.3) is 0 Å². The highest BCUT2D eigenvalue weighted by atomic mass is 19.1. The van der Waals surface area contributed by atoms with E-state index in [0.29, 0.717) is 12.3 Å². The van der Waals surface area contributed by atoms with Crippen LogP contribution in [0.2, 0.25) is 0 Å². The first-order valence-corrected chi connectivity index (χ1v) is 5.14. The van der Waals surface area contributed by atoms with Gasteiger partial charge in [-0.15, -0.1) is 0 Å². The minimum Gasteiger partial charge on any atom is -0.388 e. The summed E-state index contributed by atoms with van der Waals surface area (Å²) < 4.78 is 26.5. The molecule has 0 amide bonds. The van der Waals surface area contributed by atoms with Crippen LogP contribution >= 0.6 is 0 Å². The molecule has 0 bridgehead atoms. The van der Waals surface area contributed by atoms with Crippen molar-refractivity contribution < 1.29 is 13.9 Å². The summed E-state index contributed by atoms with van der Waals surface area (Å²) in [5.41, 5.74) is -0.210. The lowest BCUT2D eigenvalue weighted by atomic mass is 9.99. The molecular formula is C12H16F2O. The Morgan fingerprint density at radius 2 is 1.67 bits per heavy atom. The van der Waals surface area contributed by atoms with Crippen molar-refractivity contribution in [2.75, 3.05) is 0 Å². The van der Waals surface area contributed by atoms with Crippen molar-refractivity contribution in [1.29, 1.82) is 0 Å². The van der Waals surface area contributed by atoms with E-state index < -0.39 is 17.7 Å². The van der Waals surface area contributed by atoms with Crippen molar-refractivity contribution in [3.8, 4) is 0 Å². The summed E-state index contributed by atoms with van der Waals surface area (Å²) in [6, 6.07) is 3.62. The summed E-state index contributed by atoms with van der Waals surface area (Å²) >= 11 is 0. The van der Waals surface area contributed by atoms with E-state index in [1.807, 2.05) is 13.8 Å². The first kappa shape index (κ1) is 12.1. The highest BCUT2D eigenvalue weighted by Gasteiger charge is 2.17. The minimum absolute atomic E-state index is 0.210. The van der Waals surface area contributed by atoms with Crippen LogP contribution in [0.3, 0.4) is 0 Å². The third-order valence-electron chi connectivity index (χ3n) is 2.35. The van der Waals surface area contributed by atoms with Crippen molar-refractivity contribution in [3.63, 3.8) is 0 Å². The van der Waals surface area contributed by atoms with E-state index >= 15 is 0 Å². The predicted octanol–water partition coefficient (Wildman–Crippen LogP) is 3.43. The summed E-state index contributed by atoms with van der Waals surface area (Å²) in [5, 5.41) is 9.65. The molecule has 1 atom stereocenters. The van der Waals surface area contributed by atoms with E-state index in [0.717, 1.165) is 18.6 Å². The second kappa shape index (κ2) is 5.21. The molecule has 0 aromatic heterocycles. The van der Waals surface area contributed by atoms with E-state index in [1.54, 1.807) is 0 Å². The number of hydrogen-bond donors (Lipinski definition) is 1. The van der Waals surface area contributed by atoms with Gasteiger partial charge in [-0.3, -0.25) is 0 Å². The average molecular weight is 214 g/mol. The van der Waals surface area contributed by atoms with Crippen LogP contribution in [-0.4, -0.2) is 5.11 Å². The van der Waals surface area contributed by atoms with Gasteiger partial charge in [-0.25, -0.2) is 8.78 Å². The van der Waals surface area contributed by atoms with Crippen molar-refractivity contribution >= 4 is 0 Å². The average Bonchev–Trinajstić information content (AvgIpc) is 2.14. The zero-order valence-corrected chi connectivity index (χ0v) is 9.00. The molecule has 0 aliphatic carbocycles. The molecule has 0 saturated heterocycles. The second-order valence-electron chi connectivity index (χ2n) is 4.12. The Morgan fingerprint density at radius 1 is 1.13 bits per heavy atom. The van der Waals surface area contributed by atoms with Gasteiger partial charge < -0.3 is 5.11 Å². The number of aliphatic hydroxyl groups is 1. The van der Waals surface area contributed by atoms with Gasteiger partial charge in [0.05, 0.1) is 11.7 Å². The summed E-state index contributed by atoms with van der Waals surface area (Å²) in [6.07, 6.45) is 0.0818. The van der Waals surface area contributed by atoms with Crippen molar-refractivity contribution in [3.05, 3.63) is 35.4 Å². The van der Waals surface area contributed by atoms with Crippen LogP contribution in [-0.2, 0) is 0 Å². The Balaban J connectivity index is 2.77. The molecule has 0 spiro atoms. The van der Waals surface area contributed by atoms with E-state index in [1.165, 1.54) is 6.07 Å². The van der Waals surface area contributed by atoms with Crippen LogP contribution in [0.4, 0.5) is 8.78 Å². The maximum Gasteiger partial charge on any atom is 0.131 e. The molecule has 0 heterocycles. The normalized spacial score (nSPS) is 13.2. The summed E-state index contributed by atoms with van der Waals surface area (Å²) in [4.78, 5) is 0. The Kier molecular flexibility index (Phi) is 4.21. The van der Waals surface area contributed by atoms with E-state index in [2.05, 4.69) is 0 Å². The lowest BCUT2D eigenvalue weighted by Gasteiger charge is -2.13. The zero-order valence-electron chi connectivity index (χ0n) is 9.00. The number of halogens is 2. The summed E-state index contributed by atoms with van der Waals surface area (Å²) in [6.45, 7) is 4.01. The van der Waals surface area contributed by atoms with Gasteiger partial charge in [0, 0.05) is 0 Å². The fraction of sp³-hybridized carbons (Fsp3) is 0.500. The van der Waals surface area contributed by atoms with E-state index in [4.69, 9.17) is 0 Å². The molecule has 0 aliphatic heterocycles. The molecule has 0 aliphatic rings. The Bertz CT molecular complexity index is 303. The van der Waals surface area contributed by atoms with Crippen LogP contribution in [0, 0.1) is 17.6 Å². The number of rotatable bonds is 4. The van der Waals surface area contributed by atoms with Gasteiger partial charge in [0.1, 0.15) is 11.6 Å². The van der Waals surface area contributed by atoms with Gasteiger partial charge >= 0.3 is 0 Å². The first-order chi connectivity index (χ1) is 7.02. The maximum atomic E-state index is 13.2. The van der Waals surface area contributed by atoms with Crippen LogP contribution in [0.15, 0.2) is 18.2 Å². The highest BCUT2D eigenvalue weighted by molar-refractivity contribution is 5.21. The number of hydrogen-bond acceptors (Lipinski definition) is 1. The molecule has 0 radical (unpaired) electrons. The Hall–Kier alpha value is -0.960. The van der Waals surface area contributed by atoms with Gasteiger partial charge in [-0.2, -0.15) is 0 Å². The second-order valence-corrected chi connectivity index (χ2v) is 4.12. The third-order valence-corrected chi connectivity index (χ3v) is 2.35. The first-order valence-electron chi connectivity index (χ1n) is 5.14. The number of aliphatic hydroxyl groups excluding tert-OH is 1. The lowest BCUT2D eigenvalue weighted by molar-refractivity contribution is 0.150. The molecular weight excluding hydrogens is 198 g/mol. The smallest absolute Gasteiger partial charge is 0.131 e. The topological polar surface area (TPSA) is 20.2 Å². The van der Waals surface area contributed by atoms with Gasteiger partial charge in [0.25, 0.3) is 0 Å². The van der Waals surface area contributed by atoms with Gasteiger partial charge in [-0.05, 0) is 30.9 Å². The molecule has 1 N–H and O–H groups in total. The molecule has 3 heteroatoms. The largest absolute Gasteiger partial charge is 0.388 e. The van der Waals surface area contributed by atoms with Crippen LogP contribution < -0.4 is 0 Å². The minimum atomic E-state index is -1.05. The van der Waals surface area contributed by atoms with E-state index in [-0.39, 0.29) is 5.56 Å². The lowest BCUT2D eigenvalue weighted by Crippen LogP contribution is -2.05. The Labute approximate surface area is 88.7 Å². The van der Waals surface area contributed by atoms with Crippen molar-refractivity contribution in [2.24, 2.45) is 5.92 Å². The summed E-state index contributed by atoms with van der Waals surface area (Å²) in [5.74, 6) is -0.938. The fourth-order valence-corrected chi connectivity index (χ4v) is 1.46. The molecule has 1 aromatic rings. The molecule has 1 unspecified atom stereocenters. The Morgan fingerprint density at radius 3 is 2.13 bits per heavy atom. The SMILES string of the molecule is CC(C)CCC(O)c1c(F)cccc1F. The molecule has 1 aromatic carbocycles. The monoisotopic (exact) mass is 214 g/mol. The van der Waals surface area contributed by atoms with Crippen LogP contribution in [0.5, 0.6) is 0 Å². The molecule has 1 nitrogen and oxygen atoms in total. The van der Waals surface area contributed by atoms with Crippen molar-refractivity contribution in [1.82, 2.24) is 0 Å². The van der Waals surface area contributed by atoms with Gasteiger partial charge in [-0.1, -0.05) is 19.9 Å². The standard InChI is InChI=1S/C12H16F2O/c1-8(2)6-7-11(15)12-9(13)4-3-5-10(12)14/h3-5,8,11,15H,6-7H2,1-2H3. The predicted molar refractivity (Wildman–Crippen MR) is 55.4 cm³/mol. The van der Waals surface area contributed by atoms with Gasteiger partial charge in [0.2, 0.25) is 0 Å². The molecule has 15 heavy (non-hydrogen) atoms. The molecule has 0 fully saturated rings. The molecule has 1 rings (SSSR count). The van der Waals surface area contributed by atoms with Crippen molar-refractivity contribution in [2.45, 2.75) is 32.8 Å². The molecule has 0 saturated carbocycles.